The van der Waals surface area contributed by atoms with Gasteiger partial charge in [-0.25, -0.2) is 0 Å². The normalized spacial score (nSPS) is 14.4. The molecular formula is C18H23Cl2N3O. The van der Waals surface area contributed by atoms with Crippen LogP contribution in [0.3, 0.4) is 0 Å². The largest absolute Gasteiger partial charge is 0.369 e. The van der Waals surface area contributed by atoms with Crippen molar-refractivity contribution in [2.24, 2.45) is 5.73 Å². The third kappa shape index (κ3) is 5.13. The number of hydrogen-bond acceptors (Lipinski definition) is 3. The lowest BCUT2D eigenvalue weighted by Crippen LogP contribution is -2.45. The third-order valence-corrected chi connectivity index (χ3v) is 4.14. The number of nitrogens with two attached hydrogens (primary N) is 1. The Kier molecular flexibility index (Phi) is 8.05. The Balaban J connectivity index is 0.00000144. The van der Waals surface area contributed by atoms with Gasteiger partial charge in [0.15, 0.2) is 0 Å². The lowest BCUT2D eigenvalue weighted by molar-refractivity contribution is 0.100. The number of benzene rings is 2. The van der Waals surface area contributed by atoms with Crippen LogP contribution in [0, 0.1) is 0 Å². The molecule has 0 aromatic heterocycles. The molecule has 0 radical (unpaired) electrons. The molecule has 6 heteroatoms. The van der Waals surface area contributed by atoms with Crippen molar-refractivity contribution >= 4 is 36.4 Å². The van der Waals surface area contributed by atoms with E-state index in [1.54, 1.807) is 12.1 Å². The molecule has 0 bridgehead atoms. The number of primary amides is 1. The zero-order valence-corrected chi connectivity index (χ0v) is 15.1. The molecule has 24 heavy (non-hydrogen) atoms. The van der Waals surface area contributed by atoms with E-state index >= 15 is 0 Å². The Hall–Kier alpha value is -1.75. The minimum absolute atomic E-state index is 0. The first-order chi connectivity index (χ1) is 10.7. The lowest BCUT2D eigenvalue weighted by atomic mass is 10.1. The maximum absolute atomic E-state index is 11.1. The summed E-state index contributed by atoms with van der Waals surface area (Å²) in [6.07, 6.45) is 0. The first kappa shape index (κ1) is 20.3. The Morgan fingerprint density at radius 2 is 1.46 bits per heavy atom. The number of nitrogens with zero attached hydrogens (tertiary/aromatic N) is 2. The van der Waals surface area contributed by atoms with Gasteiger partial charge in [0.1, 0.15) is 0 Å². The quantitative estimate of drug-likeness (QED) is 0.903. The van der Waals surface area contributed by atoms with Crippen molar-refractivity contribution in [1.82, 2.24) is 4.90 Å². The molecule has 1 aliphatic heterocycles. The second-order valence-electron chi connectivity index (χ2n) is 5.66. The Morgan fingerprint density at radius 1 is 0.875 bits per heavy atom. The van der Waals surface area contributed by atoms with E-state index in [2.05, 4.69) is 40.1 Å². The highest BCUT2D eigenvalue weighted by atomic mass is 35.5. The zero-order chi connectivity index (χ0) is 15.4. The van der Waals surface area contributed by atoms with Crippen molar-refractivity contribution in [3.05, 3.63) is 65.7 Å². The fraction of sp³-hybridized carbons (Fsp3) is 0.278. The van der Waals surface area contributed by atoms with E-state index in [1.807, 2.05) is 12.1 Å². The monoisotopic (exact) mass is 367 g/mol. The summed E-state index contributed by atoms with van der Waals surface area (Å²) >= 11 is 0. The minimum Gasteiger partial charge on any atom is -0.369 e. The molecule has 3 rings (SSSR count). The zero-order valence-electron chi connectivity index (χ0n) is 13.4. The molecular weight excluding hydrogens is 345 g/mol. The van der Waals surface area contributed by atoms with Crippen LogP contribution in [0.2, 0.25) is 0 Å². The van der Waals surface area contributed by atoms with Crippen molar-refractivity contribution in [2.45, 2.75) is 6.54 Å². The summed E-state index contributed by atoms with van der Waals surface area (Å²) in [5.74, 6) is -0.376. The number of anilines is 1. The van der Waals surface area contributed by atoms with Crippen LogP contribution in [-0.4, -0.2) is 37.0 Å². The highest BCUT2D eigenvalue weighted by molar-refractivity contribution is 5.93. The van der Waals surface area contributed by atoms with E-state index in [-0.39, 0.29) is 30.7 Å². The van der Waals surface area contributed by atoms with Gasteiger partial charge in [0.25, 0.3) is 0 Å². The van der Waals surface area contributed by atoms with Gasteiger partial charge in [-0.15, -0.1) is 24.8 Å². The fourth-order valence-electron chi connectivity index (χ4n) is 2.84. The maximum atomic E-state index is 11.1. The standard InChI is InChI=1S/C18H21N3O.2ClH/c19-18(22)16-6-8-17(9-7-16)21-12-10-20(11-13-21)14-15-4-2-1-3-5-15;;/h1-9H,10-14H2,(H2,19,22);2*1H. The molecule has 2 N–H and O–H groups in total. The third-order valence-electron chi connectivity index (χ3n) is 4.14. The van der Waals surface area contributed by atoms with Gasteiger partial charge in [0, 0.05) is 44.0 Å². The van der Waals surface area contributed by atoms with Crippen LogP contribution in [0.25, 0.3) is 0 Å². The number of piperazine rings is 1. The predicted octanol–water partition coefficient (Wildman–Crippen LogP) is 2.95. The molecule has 2 aromatic carbocycles. The highest BCUT2D eigenvalue weighted by Crippen LogP contribution is 2.18. The first-order valence-corrected chi connectivity index (χ1v) is 7.63. The Bertz CT molecular complexity index is 626. The summed E-state index contributed by atoms with van der Waals surface area (Å²) in [6, 6.07) is 18.1. The van der Waals surface area contributed by atoms with Gasteiger partial charge in [-0.3, -0.25) is 9.69 Å². The molecule has 130 valence electrons. The van der Waals surface area contributed by atoms with Gasteiger partial charge in [0.2, 0.25) is 5.91 Å². The van der Waals surface area contributed by atoms with E-state index in [0.29, 0.717) is 5.56 Å². The van der Waals surface area contributed by atoms with Crippen molar-refractivity contribution in [2.75, 3.05) is 31.1 Å². The molecule has 1 saturated heterocycles. The summed E-state index contributed by atoms with van der Waals surface area (Å²) in [5.41, 5.74) is 8.36. The molecule has 1 aliphatic rings. The summed E-state index contributed by atoms with van der Waals surface area (Å²) < 4.78 is 0. The molecule has 0 unspecified atom stereocenters. The van der Waals surface area contributed by atoms with Crippen molar-refractivity contribution in [1.29, 1.82) is 0 Å². The summed E-state index contributed by atoms with van der Waals surface area (Å²) in [6.45, 7) is 5.11. The Morgan fingerprint density at radius 3 is 2.00 bits per heavy atom. The second-order valence-corrected chi connectivity index (χ2v) is 5.66. The predicted molar refractivity (Wildman–Crippen MR) is 103 cm³/mol. The first-order valence-electron chi connectivity index (χ1n) is 7.63. The molecule has 0 atom stereocenters. The lowest BCUT2D eigenvalue weighted by Gasteiger charge is -2.36. The van der Waals surface area contributed by atoms with Gasteiger partial charge in [-0.1, -0.05) is 30.3 Å². The molecule has 2 aromatic rings. The van der Waals surface area contributed by atoms with Gasteiger partial charge >= 0.3 is 0 Å². The van der Waals surface area contributed by atoms with Gasteiger partial charge in [-0.2, -0.15) is 0 Å². The van der Waals surface area contributed by atoms with E-state index in [9.17, 15) is 4.79 Å². The summed E-state index contributed by atoms with van der Waals surface area (Å²) in [4.78, 5) is 15.9. The molecule has 0 spiro atoms. The van der Waals surface area contributed by atoms with E-state index < -0.39 is 0 Å². The highest BCUT2D eigenvalue weighted by Gasteiger charge is 2.17. The number of carbonyl (C=O) groups is 1. The van der Waals surface area contributed by atoms with Gasteiger partial charge in [0.05, 0.1) is 0 Å². The maximum Gasteiger partial charge on any atom is 0.248 e. The molecule has 0 aliphatic carbocycles. The fourth-order valence-corrected chi connectivity index (χ4v) is 2.84. The van der Waals surface area contributed by atoms with E-state index in [4.69, 9.17) is 5.73 Å². The van der Waals surface area contributed by atoms with Crippen LogP contribution in [0.5, 0.6) is 0 Å². The van der Waals surface area contributed by atoms with Crippen LogP contribution in [0.4, 0.5) is 5.69 Å². The van der Waals surface area contributed by atoms with Gasteiger partial charge in [-0.05, 0) is 29.8 Å². The topological polar surface area (TPSA) is 49.6 Å². The number of rotatable bonds is 4. The average molecular weight is 368 g/mol. The van der Waals surface area contributed by atoms with E-state index in [1.165, 1.54) is 5.56 Å². The van der Waals surface area contributed by atoms with Crippen LogP contribution in [-0.2, 0) is 6.54 Å². The summed E-state index contributed by atoms with van der Waals surface area (Å²) in [7, 11) is 0. The number of halogens is 2. The van der Waals surface area contributed by atoms with Crippen molar-refractivity contribution < 1.29 is 4.79 Å². The SMILES string of the molecule is Cl.Cl.NC(=O)c1ccc(N2CCN(Cc3ccccc3)CC2)cc1. The number of hydrogen-bond donors (Lipinski definition) is 1. The average Bonchev–Trinajstić information content (AvgIpc) is 2.57. The van der Waals surface area contributed by atoms with Crippen LogP contribution in [0.1, 0.15) is 15.9 Å². The summed E-state index contributed by atoms with van der Waals surface area (Å²) in [5, 5.41) is 0. The molecule has 4 nitrogen and oxygen atoms in total. The van der Waals surface area contributed by atoms with Crippen molar-refractivity contribution in [3.8, 4) is 0 Å². The smallest absolute Gasteiger partial charge is 0.248 e. The number of amides is 1. The van der Waals surface area contributed by atoms with Crippen molar-refractivity contribution in [3.63, 3.8) is 0 Å². The van der Waals surface area contributed by atoms with Crippen LogP contribution in [0.15, 0.2) is 54.6 Å². The molecule has 1 fully saturated rings. The number of carbonyl (C=O) groups excluding carboxylic acids is 1. The van der Waals surface area contributed by atoms with Crippen LogP contribution >= 0.6 is 24.8 Å². The van der Waals surface area contributed by atoms with Gasteiger partial charge < -0.3 is 10.6 Å². The molecule has 0 saturated carbocycles. The molecule has 1 heterocycles. The van der Waals surface area contributed by atoms with Crippen LogP contribution < -0.4 is 10.6 Å². The molecule has 1 amide bonds. The Labute approximate surface area is 155 Å². The second kappa shape index (κ2) is 9.52. The minimum atomic E-state index is -0.376. The van der Waals surface area contributed by atoms with E-state index in [0.717, 1.165) is 38.4 Å².